The number of nitrogens with zero attached hydrogens (tertiary/aromatic N) is 2. The molecule has 0 saturated carbocycles. The number of amides is 2. The molecule has 0 aromatic heterocycles. The van der Waals surface area contributed by atoms with Crippen LogP contribution in [0, 0.1) is 0 Å². The standard InChI is InChI=1S/C14H21N3O/c1-12(15)10-16-8-5-9-17(14(16)18)11-13-6-3-2-4-7-13/h2-4,6-7,12H,5,8-11,15H2,1H3. The predicted molar refractivity (Wildman–Crippen MR) is 72.1 cm³/mol. The van der Waals surface area contributed by atoms with Crippen LogP contribution in [-0.2, 0) is 6.54 Å². The molecule has 2 amide bonds. The van der Waals surface area contributed by atoms with E-state index in [9.17, 15) is 4.79 Å². The first-order valence-corrected chi connectivity index (χ1v) is 6.50. The molecule has 1 aromatic carbocycles. The molecular formula is C14H21N3O. The van der Waals surface area contributed by atoms with E-state index in [0.29, 0.717) is 13.1 Å². The van der Waals surface area contributed by atoms with Gasteiger partial charge in [0.15, 0.2) is 0 Å². The molecule has 1 aliphatic rings. The predicted octanol–water partition coefficient (Wildman–Crippen LogP) is 1.66. The summed E-state index contributed by atoms with van der Waals surface area (Å²) < 4.78 is 0. The van der Waals surface area contributed by atoms with E-state index in [4.69, 9.17) is 5.73 Å². The van der Waals surface area contributed by atoms with Crippen LogP contribution >= 0.6 is 0 Å². The smallest absolute Gasteiger partial charge is 0.320 e. The van der Waals surface area contributed by atoms with E-state index in [1.807, 2.05) is 34.9 Å². The van der Waals surface area contributed by atoms with Gasteiger partial charge in [0.2, 0.25) is 0 Å². The number of hydrogen-bond acceptors (Lipinski definition) is 2. The fraction of sp³-hybridized carbons (Fsp3) is 0.500. The van der Waals surface area contributed by atoms with Crippen molar-refractivity contribution in [2.24, 2.45) is 5.73 Å². The quantitative estimate of drug-likeness (QED) is 0.879. The summed E-state index contributed by atoms with van der Waals surface area (Å²) in [7, 11) is 0. The van der Waals surface area contributed by atoms with Crippen molar-refractivity contribution in [1.29, 1.82) is 0 Å². The van der Waals surface area contributed by atoms with Crippen LogP contribution in [0.1, 0.15) is 18.9 Å². The van der Waals surface area contributed by atoms with E-state index in [1.54, 1.807) is 0 Å². The molecule has 4 nitrogen and oxygen atoms in total. The second kappa shape index (κ2) is 5.87. The van der Waals surface area contributed by atoms with Crippen molar-refractivity contribution in [2.45, 2.75) is 25.9 Å². The van der Waals surface area contributed by atoms with Crippen molar-refractivity contribution < 1.29 is 4.79 Å². The maximum atomic E-state index is 12.3. The zero-order chi connectivity index (χ0) is 13.0. The first-order valence-electron chi connectivity index (χ1n) is 6.50. The Morgan fingerprint density at radius 2 is 1.89 bits per heavy atom. The molecule has 2 N–H and O–H groups in total. The molecule has 1 aliphatic heterocycles. The molecule has 0 spiro atoms. The van der Waals surface area contributed by atoms with Crippen LogP contribution in [0.5, 0.6) is 0 Å². The van der Waals surface area contributed by atoms with Gasteiger partial charge in [-0.05, 0) is 18.9 Å². The maximum absolute atomic E-state index is 12.3. The molecule has 4 heteroatoms. The lowest BCUT2D eigenvalue weighted by Crippen LogP contribution is -2.51. The Kier molecular flexibility index (Phi) is 4.20. The van der Waals surface area contributed by atoms with Crippen LogP contribution in [0.15, 0.2) is 30.3 Å². The first-order chi connectivity index (χ1) is 8.66. The largest absolute Gasteiger partial charge is 0.326 e. The van der Waals surface area contributed by atoms with E-state index < -0.39 is 0 Å². The normalized spacial score (nSPS) is 18.0. The fourth-order valence-electron chi connectivity index (χ4n) is 2.31. The monoisotopic (exact) mass is 247 g/mol. The SMILES string of the molecule is CC(N)CN1CCCN(Cc2ccccc2)C1=O. The lowest BCUT2D eigenvalue weighted by molar-refractivity contribution is 0.124. The Morgan fingerprint density at radius 1 is 1.22 bits per heavy atom. The van der Waals surface area contributed by atoms with Gasteiger partial charge in [-0.3, -0.25) is 0 Å². The van der Waals surface area contributed by atoms with E-state index in [1.165, 1.54) is 5.56 Å². The van der Waals surface area contributed by atoms with Crippen LogP contribution in [-0.4, -0.2) is 41.5 Å². The number of carbonyl (C=O) groups is 1. The van der Waals surface area contributed by atoms with E-state index >= 15 is 0 Å². The zero-order valence-corrected chi connectivity index (χ0v) is 10.9. The second-order valence-electron chi connectivity index (χ2n) is 4.97. The molecule has 2 rings (SSSR count). The molecule has 1 heterocycles. The van der Waals surface area contributed by atoms with E-state index in [2.05, 4.69) is 12.1 Å². The summed E-state index contributed by atoms with van der Waals surface area (Å²) in [5, 5.41) is 0. The molecular weight excluding hydrogens is 226 g/mol. The zero-order valence-electron chi connectivity index (χ0n) is 10.9. The van der Waals surface area contributed by atoms with Crippen LogP contribution < -0.4 is 5.73 Å². The van der Waals surface area contributed by atoms with Crippen LogP contribution in [0.3, 0.4) is 0 Å². The molecule has 0 radical (unpaired) electrons. The van der Waals surface area contributed by atoms with Crippen molar-refractivity contribution in [3.05, 3.63) is 35.9 Å². The van der Waals surface area contributed by atoms with Crippen LogP contribution in [0.4, 0.5) is 4.79 Å². The lowest BCUT2D eigenvalue weighted by Gasteiger charge is -2.36. The van der Waals surface area contributed by atoms with Gasteiger partial charge in [-0.2, -0.15) is 0 Å². The third-order valence-corrected chi connectivity index (χ3v) is 3.12. The van der Waals surface area contributed by atoms with Gasteiger partial charge in [0.25, 0.3) is 0 Å². The summed E-state index contributed by atoms with van der Waals surface area (Å²) in [6.45, 7) is 4.93. The minimum atomic E-state index is 0.0330. The Balaban J connectivity index is 1.98. The Bertz CT molecular complexity index is 391. The van der Waals surface area contributed by atoms with Gasteiger partial charge in [0, 0.05) is 32.2 Å². The van der Waals surface area contributed by atoms with Crippen LogP contribution in [0.25, 0.3) is 0 Å². The highest BCUT2D eigenvalue weighted by atomic mass is 16.2. The number of benzene rings is 1. The van der Waals surface area contributed by atoms with Crippen molar-refractivity contribution >= 4 is 6.03 Å². The minimum Gasteiger partial charge on any atom is -0.326 e. The highest BCUT2D eigenvalue weighted by molar-refractivity contribution is 5.75. The summed E-state index contributed by atoms with van der Waals surface area (Å²) >= 11 is 0. The molecule has 1 atom stereocenters. The molecule has 1 saturated heterocycles. The highest BCUT2D eigenvalue weighted by Gasteiger charge is 2.25. The van der Waals surface area contributed by atoms with Gasteiger partial charge in [-0.25, -0.2) is 4.79 Å². The number of carbonyl (C=O) groups excluding carboxylic acids is 1. The molecule has 1 fully saturated rings. The van der Waals surface area contributed by atoms with Gasteiger partial charge in [-0.1, -0.05) is 30.3 Å². The molecule has 0 aliphatic carbocycles. The van der Waals surface area contributed by atoms with Gasteiger partial charge in [-0.15, -0.1) is 0 Å². The number of rotatable bonds is 4. The van der Waals surface area contributed by atoms with Crippen molar-refractivity contribution in [2.75, 3.05) is 19.6 Å². The average Bonchev–Trinajstić information content (AvgIpc) is 2.35. The summed E-state index contributed by atoms with van der Waals surface area (Å²) in [6, 6.07) is 10.2. The highest BCUT2D eigenvalue weighted by Crippen LogP contribution is 2.13. The lowest BCUT2D eigenvalue weighted by atomic mass is 10.2. The summed E-state index contributed by atoms with van der Waals surface area (Å²) in [6.07, 6.45) is 1.02. The maximum Gasteiger partial charge on any atom is 0.320 e. The van der Waals surface area contributed by atoms with Crippen LogP contribution in [0.2, 0.25) is 0 Å². The average molecular weight is 247 g/mol. The van der Waals surface area contributed by atoms with Gasteiger partial charge < -0.3 is 15.5 Å². The number of hydrogen-bond donors (Lipinski definition) is 1. The molecule has 98 valence electrons. The summed E-state index contributed by atoms with van der Waals surface area (Å²) in [4.78, 5) is 16.0. The molecule has 18 heavy (non-hydrogen) atoms. The summed E-state index contributed by atoms with van der Waals surface area (Å²) in [5.41, 5.74) is 6.95. The second-order valence-corrected chi connectivity index (χ2v) is 4.97. The topological polar surface area (TPSA) is 49.6 Å². The number of nitrogens with two attached hydrogens (primary N) is 1. The third kappa shape index (κ3) is 3.23. The van der Waals surface area contributed by atoms with Gasteiger partial charge in [0.1, 0.15) is 0 Å². The number of urea groups is 1. The van der Waals surface area contributed by atoms with E-state index in [-0.39, 0.29) is 12.1 Å². The minimum absolute atomic E-state index is 0.0330. The molecule has 0 bridgehead atoms. The van der Waals surface area contributed by atoms with Crippen molar-refractivity contribution in [3.63, 3.8) is 0 Å². The fourth-order valence-corrected chi connectivity index (χ4v) is 2.31. The van der Waals surface area contributed by atoms with Gasteiger partial charge >= 0.3 is 6.03 Å². The molecule has 1 unspecified atom stereocenters. The Hall–Kier alpha value is -1.55. The third-order valence-electron chi connectivity index (χ3n) is 3.12. The molecule has 1 aromatic rings. The Morgan fingerprint density at radius 3 is 2.56 bits per heavy atom. The van der Waals surface area contributed by atoms with E-state index in [0.717, 1.165) is 19.5 Å². The first kappa shape index (κ1) is 12.9. The van der Waals surface area contributed by atoms with Gasteiger partial charge in [0.05, 0.1) is 0 Å². The Labute approximate surface area is 108 Å². The van der Waals surface area contributed by atoms with Crippen molar-refractivity contribution in [1.82, 2.24) is 9.80 Å². The summed E-state index contributed by atoms with van der Waals surface area (Å²) in [5.74, 6) is 0. The van der Waals surface area contributed by atoms with Crippen molar-refractivity contribution in [3.8, 4) is 0 Å².